The highest BCUT2D eigenvalue weighted by Crippen LogP contribution is 2.31. The largest absolute Gasteiger partial charge is 0.501 e. The van der Waals surface area contributed by atoms with E-state index in [9.17, 15) is 14.3 Å². The Hall–Kier alpha value is -3.52. The third kappa shape index (κ3) is 3.63. The number of rotatable bonds is 4. The lowest BCUT2D eigenvalue weighted by molar-refractivity contribution is 0.466. The van der Waals surface area contributed by atoms with E-state index in [1.807, 2.05) is 0 Å². The quantitative estimate of drug-likeness (QED) is 0.459. The number of aromatic nitrogens is 3. The molecule has 2 heterocycles. The molecule has 0 amide bonds. The van der Waals surface area contributed by atoms with Crippen molar-refractivity contribution in [3.8, 4) is 27.8 Å². The first-order chi connectivity index (χ1) is 13.5. The van der Waals surface area contributed by atoms with Gasteiger partial charge in [-0.05, 0) is 42.0 Å². The summed E-state index contributed by atoms with van der Waals surface area (Å²) < 4.78 is 13.0. The number of benzene rings is 2. The topological polar surface area (TPSA) is 105 Å². The van der Waals surface area contributed by atoms with Crippen LogP contribution in [0.2, 0.25) is 0 Å². The summed E-state index contributed by atoms with van der Waals surface area (Å²) in [5.74, 6) is -0.462. The lowest BCUT2D eigenvalue weighted by Gasteiger charge is -2.05. The summed E-state index contributed by atoms with van der Waals surface area (Å²) in [4.78, 5) is 24.3. The minimum absolute atomic E-state index is 0.117. The summed E-state index contributed by atoms with van der Waals surface area (Å²) in [6.45, 7) is 0. The molecule has 8 heteroatoms. The van der Waals surface area contributed by atoms with Gasteiger partial charge in [0.05, 0.1) is 0 Å². The second kappa shape index (κ2) is 7.24. The van der Waals surface area contributed by atoms with Crippen LogP contribution in [-0.2, 0) is 6.42 Å². The Morgan fingerprint density at radius 3 is 2.54 bits per heavy atom. The molecule has 4 N–H and O–H groups in total. The third-order valence-electron chi connectivity index (χ3n) is 4.13. The smallest absolute Gasteiger partial charge is 0.294 e. The average molecular weight is 394 g/mol. The molecule has 0 bridgehead atoms. The van der Waals surface area contributed by atoms with Gasteiger partial charge in [-0.1, -0.05) is 12.1 Å². The fourth-order valence-electron chi connectivity index (χ4n) is 2.70. The standard InChI is InChI=1S/C20H15FN4O2S/c21-13-5-1-11(2-6-13)9-15-10-23-20(28-15)16-17(26)19(27)25-18(24-16)12-3-7-14(22)8-4-12/h1-8,10,26H,9,22H2,(H,24,25,27). The van der Waals surface area contributed by atoms with Gasteiger partial charge in [-0.2, -0.15) is 0 Å². The molecule has 0 fully saturated rings. The van der Waals surface area contributed by atoms with Gasteiger partial charge in [0.15, 0.2) is 0 Å². The summed E-state index contributed by atoms with van der Waals surface area (Å²) >= 11 is 1.31. The number of nitrogens with zero attached hydrogens (tertiary/aromatic N) is 2. The number of nitrogens with two attached hydrogens (primary N) is 1. The van der Waals surface area contributed by atoms with Crippen LogP contribution >= 0.6 is 11.3 Å². The van der Waals surface area contributed by atoms with E-state index in [0.29, 0.717) is 28.5 Å². The molecule has 0 spiro atoms. The van der Waals surface area contributed by atoms with E-state index in [4.69, 9.17) is 5.73 Å². The fourth-order valence-corrected chi connectivity index (χ4v) is 3.63. The molecule has 2 aromatic heterocycles. The van der Waals surface area contributed by atoms with Gasteiger partial charge < -0.3 is 15.8 Å². The number of halogens is 1. The molecule has 0 saturated carbocycles. The lowest BCUT2D eigenvalue weighted by Crippen LogP contribution is -2.10. The molecule has 2 aromatic carbocycles. The molecular formula is C20H15FN4O2S. The zero-order valence-electron chi connectivity index (χ0n) is 14.5. The van der Waals surface area contributed by atoms with Crippen LogP contribution in [-0.4, -0.2) is 20.1 Å². The molecular weight excluding hydrogens is 379 g/mol. The summed E-state index contributed by atoms with van der Waals surface area (Å²) in [6, 6.07) is 13.1. The Kier molecular flexibility index (Phi) is 4.62. The molecule has 4 rings (SSSR count). The highest BCUT2D eigenvalue weighted by molar-refractivity contribution is 7.15. The molecule has 0 aliphatic heterocycles. The van der Waals surface area contributed by atoms with Crippen molar-refractivity contribution < 1.29 is 9.50 Å². The van der Waals surface area contributed by atoms with E-state index in [0.717, 1.165) is 10.4 Å². The van der Waals surface area contributed by atoms with E-state index >= 15 is 0 Å². The van der Waals surface area contributed by atoms with Crippen LogP contribution in [0.15, 0.2) is 59.5 Å². The van der Waals surface area contributed by atoms with Crippen molar-refractivity contribution in [2.45, 2.75) is 6.42 Å². The minimum Gasteiger partial charge on any atom is -0.501 e. The van der Waals surface area contributed by atoms with Gasteiger partial charge >= 0.3 is 0 Å². The van der Waals surface area contributed by atoms with E-state index in [1.165, 1.54) is 23.5 Å². The summed E-state index contributed by atoms with van der Waals surface area (Å²) in [5, 5.41) is 10.6. The minimum atomic E-state index is -0.646. The van der Waals surface area contributed by atoms with Gasteiger partial charge in [-0.3, -0.25) is 4.79 Å². The monoisotopic (exact) mass is 394 g/mol. The van der Waals surface area contributed by atoms with Crippen molar-refractivity contribution in [3.05, 3.63) is 81.3 Å². The molecule has 0 radical (unpaired) electrons. The van der Waals surface area contributed by atoms with Crippen LogP contribution in [0.5, 0.6) is 5.75 Å². The molecule has 0 atom stereocenters. The van der Waals surface area contributed by atoms with Crippen LogP contribution in [0.4, 0.5) is 10.1 Å². The van der Waals surface area contributed by atoms with Crippen molar-refractivity contribution in [1.29, 1.82) is 0 Å². The highest BCUT2D eigenvalue weighted by atomic mass is 32.1. The van der Waals surface area contributed by atoms with Crippen LogP contribution in [0.25, 0.3) is 22.1 Å². The molecule has 0 aliphatic rings. The van der Waals surface area contributed by atoms with E-state index < -0.39 is 11.3 Å². The first kappa shape index (κ1) is 17.9. The Labute approximate surface area is 163 Å². The molecule has 6 nitrogen and oxygen atoms in total. The zero-order chi connectivity index (χ0) is 19.7. The molecule has 4 aromatic rings. The number of hydrogen-bond acceptors (Lipinski definition) is 6. The van der Waals surface area contributed by atoms with Crippen LogP contribution in [0.3, 0.4) is 0 Å². The number of aromatic amines is 1. The average Bonchev–Trinajstić information content (AvgIpc) is 3.14. The zero-order valence-corrected chi connectivity index (χ0v) is 15.3. The van der Waals surface area contributed by atoms with Gasteiger partial charge in [0.1, 0.15) is 22.3 Å². The molecule has 0 saturated heterocycles. The van der Waals surface area contributed by atoms with Gasteiger partial charge in [0.2, 0.25) is 5.75 Å². The van der Waals surface area contributed by atoms with E-state index in [1.54, 1.807) is 42.6 Å². The third-order valence-corrected chi connectivity index (χ3v) is 5.13. The number of H-pyrrole nitrogens is 1. The Morgan fingerprint density at radius 1 is 1.11 bits per heavy atom. The number of aromatic hydroxyl groups is 1. The molecule has 28 heavy (non-hydrogen) atoms. The second-order valence-corrected chi connectivity index (χ2v) is 7.28. The maximum absolute atomic E-state index is 13.0. The van der Waals surface area contributed by atoms with Crippen molar-refractivity contribution in [1.82, 2.24) is 15.0 Å². The number of thiazole rings is 1. The van der Waals surface area contributed by atoms with E-state index in [2.05, 4.69) is 15.0 Å². The van der Waals surface area contributed by atoms with Gasteiger partial charge in [0.25, 0.3) is 5.56 Å². The van der Waals surface area contributed by atoms with Crippen molar-refractivity contribution in [2.24, 2.45) is 0 Å². The summed E-state index contributed by atoms with van der Waals surface area (Å²) in [6.07, 6.45) is 2.22. The van der Waals surface area contributed by atoms with Crippen LogP contribution in [0.1, 0.15) is 10.4 Å². The van der Waals surface area contributed by atoms with Gasteiger partial charge in [0, 0.05) is 28.7 Å². The molecule has 0 unspecified atom stereocenters. The maximum Gasteiger partial charge on any atom is 0.294 e. The molecule has 140 valence electrons. The summed E-state index contributed by atoms with van der Waals surface area (Å²) in [5.41, 5.74) is 7.35. The molecule has 0 aliphatic carbocycles. The lowest BCUT2D eigenvalue weighted by atomic mass is 10.1. The van der Waals surface area contributed by atoms with Crippen molar-refractivity contribution in [3.63, 3.8) is 0 Å². The SMILES string of the molecule is Nc1ccc(-c2nc(-c3ncc(Cc4ccc(F)cc4)s3)c(O)c(=O)[nH]2)cc1. The van der Waals surface area contributed by atoms with Crippen LogP contribution < -0.4 is 11.3 Å². The highest BCUT2D eigenvalue weighted by Gasteiger charge is 2.17. The van der Waals surface area contributed by atoms with Crippen molar-refractivity contribution in [2.75, 3.05) is 5.73 Å². The predicted molar refractivity (Wildman–Crippen MR) is 107 cm³/mol. The number of nitrogens with one attached hydrogen (secondary N) is 1. The fraction of sp³-hybridized carbons (Fsp3) is 0.0500. The predicted octanol–water partition coefficient (Wildman–Crippen LogP) is 3.58. The first-order valence-corrected chi connectivity index (χ1v) is 9.20. The van der Waals surface area contributed by atoms with E-state index in [-0.39, 0.29) is 11.5 Å². The Bertz CT molecular complexity index is 1180. The second-order valence-electron chi connectivity index (χ2n) is 6.17. The Balaban J connectivity index is 1.69. The normalized spacial score (nSPS) is 10.9. The summed E-state index contributed by atoms with van der Waals surface area (Å²) in [7, 11) is 0. The number of nitrogen functional groups attached to an aromatic ring is 1. The van der Waals surface area contributed by atoms with Crippen LogP contribution in [0, 0.1) is 5.82 Å². The maximum atomic E-state index is 13.0. The van der Waals surface area contributed by atoms with Gasteiger partial charge in [-0.25, -0.2) is 14.4 Å². The number of anilines is 1. The van der Waals surface area contributed by atoms with Gasteiger partial charge in [-0.15, -0.1) is 11.3 Å². The number of hydrogen-bond donors (Lipinski definition) is 3. The Morgan fingerprint density at radius 2 is 1.82 bits per heavy atom. The first-order valence-electron chi connectivity index (χ1n) is 8.38. The van der Waals surface area contributed by atoms with Crippen molar-refractivity contribution >= 4 is 17.0 Å².